The van der Waals surface area contributed by atoms with Crippen LogP contribution in [0.5, 0.6) is 0 Å². The van der Waals surface area contributed by atoms with Gasteiger partial charge >= 0.3 is 0 Å². The lowest BCUT2D eigenvalue weighted by molar-refractivity contribution is -0.123. The Hall–Kier alpha value is -1.91. The van der Waals surface area contributed by atoms with Crippen molar-refractivity contribution in [2.75, 3.05) is 6.61 Å². The van der Waals surface area contributed by atoms with Crippen molar-refractivity contribution in [2.24, 2.45) is 0 Å². The number of hydrogen-bond donors (Lipinski definition) is 3. The molecule has 0 heterocycles. The monoisotopic (exact) mass is 712 g/mol. The van der Waals surface area contributed by atoms with Gasteiger partial charge in [0.05, 0.1) is 18.8 Å². The first-order valence-corrected chi connectivity index (χ1v) is 22.0. The maximum absolute atomic E-state index is 12.4. The van der Waals surface area contributed by atoms with E-state index in [0.717, 1.165) is 51.4 Å². The van der Waals surface area contributed by atoms with Gasteiger partial charge in [-0.2, -0.15) is 0 Å². The van der Waals surface area contributed by atoms with E-state index in [0.29, 0.717) is 6.42 Å². The number of carbonyl (C=O) groups excluding carboxylic acids is 1. The van der Waals surface area contributed by atoms with Gasteiger partial charge in [-0.1, -0.05) is 209 Å². The van der Waals surface area contributed by atoms with Crippen molar-refractivity contribution in [2.45, 2.75) is 225 Å². The Balaban J connectivity index is 3.59. The highest BCUT2D eigenvalue weighted by Crippen LogP contribution is 2.15. The molecule has 4 heteroatoms. The van der Waals surface area contributed by atoms with Crippen molar-refractivity contribution in [3.63, 3.8) is 0 Å². The summed E-state index contributed by atoms with van der Waals surface area (Å²) in [6.45, 7) is 4.19. The van der Waals surface area contributed by atoms with Crippen LogP contribution in [0.15, 0.2) is 60.8 Å². The van der Waals surface area contributed by atoms with Gasteiger partial charge in [0, 0.05) is 6.42 Å². The molecule has 0 rings (SSSR count). The van der Waals surface area contributed by atoms with E-state index in [4.69, 9.17) is 0 Å². The molecule has 2 unspecified atom stereocenters. The first-order chi connectivity index (χ1) is 25.2. The maximum Gasteiger partial charge on any atom is 0.220 e. The van der Waals surface area contributed by atoms with Crippen LogP contribution in [0.1, 0.15) is 213 Å². The molecule has 3 N–H and O–H groups in total. The number of rotatable bonds is 39. The van der Waals surface area contributed by atoms with Crippen LogP contribution >= 0.6 is 0 Å². The van der Waals surface area contributed by atoms with E-state index in [1.54, 1.807) is 6.08 Å². The number of hydrogen-bond acceptors (Lipinski definition) is 3. The van der Waals surface area contributed by atoms with E-state index in [2.05, 4.69) is 67.8 Å². The van der Waals surface area contributed by atoms with E-state index in [1.807, 2.05) is 6.08 Å². The number of unbranched alkanes of at least 4 members (excludes halogenated alkanes) is 24. The van der Waals surface area contributed by atoms with Crippen molar-refractivity contribution in [1.82, 2.24) is 5.32 Å². The molecule has 0 spiro atoms. The molecule has 51 heavy (non-hydrogen) atoms. The second-order valence-electron chi connectivity index (χ2n) is 14.7. The molecule has 0 aromatic heterocycles. The SMILES string of the molecule is CC/C=C\C/C=C\C/C=C\C/C=C\CCCCCCCCCCCCC(=O)NC(CO)C(O)/C=C/CCCCCCCCCCCCCCCC. The van der Waals surface area contributed by atoms with Crippen LogP contribution in [-0.4, -0.2) is 34.9 Å². The third kappa shape index (κ3) is 39.1. The third-order valence-electron chi connectivity index (χ3n) is 9.76. The molecule has 0 aliphatic carbocycles. The zero-order valence-corrected chi connectivity index (χ0v) is 33.9. The lowest BCUT2D eigenvalue weighted by Gasteiger charge is -2.20. The van der Waals surface area contributed by atoms with Gasteiger partial charge in [-0.05, 0) is 57.8 Å². The van der Waals surface area contributed by atoms with Crippen LogP contribution in [0, 0.1) is 0 Å². The molecule has 0 aliphatic heterocycles. The summed E-state index contributed by atoms with van der Waals surface area (Å²) in [7, 11) is 0. The molecule has 2 atom stereocenters. The van der Waals surface area contributed by atoms with Crippen molar-refractivity contribution in [1.29, 1.82) is 0 Å². The van der Waals surface area contributed by atoms with Crippen LogP contribution in [0.3, 0.4) is 0 Å². The summed E-state index contributed by atoms with van der Waals surface area (Å²) in [6.07, 6.45) is 58.9. The normalized spacial score (nSPS) is 13.6. The lowest BCUT2D eigenvalue weighted by Crippen LogP contribution is -2.45. The summed E-state index contributed by atoms with van der Waals surface area (Å²) in [5.74, 6) is -0.0706. The molecule has 0 aliphatic rings. The van der Waals surface area contributed by atoms with Gasteiger partial charge in [0.15, 0.2) is 0 Å². The van der Waals surface area contributed by atoms with Crippen LogP contribution < -0.4 is 5.32 Å². The molecule has 0 radical (unpaired) electrons. The van der Waals surface area contributed by atoms with Gasteiger partial charge in [-0.25, -0.2) is 0 Å². The Morgan fingerprint density at radius 3 is 1.29 bits per heavy atom. The van der Waals surface area contributed by atoms with Crippen molar-refractivity contribution in [3.05, 3.63) is 60.8 Å². The number of nitrogens with one attached hydrogen (secondary N) is 1. The molecular weight excluding hydrogens is 627 g/mol. The van der Waals surface area contributed by atoms with Gasteiger partial charge in [-0.15, -0.1) is 0 Å². The number of amides is 1. The Bertz CT molecular complexity index is 858. The van der Waals surface area contributed by atoms with E-state index in [-0.39, 0.29) is 12.5 Å². The van der Waals surface area contributed by atoms with Gasteiger partial charge in [0.25, 0.3) is 0 Å². The fraction of sp³-hybridized carbons (Fsp3) is 0.766. The van der Waals surface area contributed by atoms with Crippen molar-refractivity contribution >= 4 is 5.91 Å². The largest absolute Gasteiger partial charge is 0.394 e. The quantitative estimate of drug-likeness (QED) is 0.0439. The average molecular weight is 712 g/mol. The summed E-state index contributed by atoms with van der Waals surface area (Å²) in [4.78, 5) is 12.4. The highest BCUT2D eigenvalue weighted by Gasteiger charge is 2.17. The number of allylic oxidation sites excluding steroid dienone is 9. The molecule has 1 amide bonds. The molecule has 0 fully saturated rings. The minimum absolute atomic E-state index is 0.0706. The molecular formula is C47H85NO3. The second-order valence-corrected chi connectivity index (χ2v) is 14.7. The first kappa shape index (κ1) is 49.1. The van der Waals surface area contributed by atoms with Crippen LogP contribution in [0.25, 0.3) is 0 Å². The van der Waals surface area contributed by atoms with Crippen molar-refractivity contribution < 1.29 is 15.0 Å². The highest BCUT2D eigenvalue weighted by molar-refractivity contribution is 5.76. The second kappa shape index (κ2) is 42.5. The predicted molar refractivity (Wildman–Crippen MR) is 225 cm³/mol. The number of aliphatic hydroxyl groups excluding tert-OH is 2. The Kier molecular flexibility index (Phi) is 40.9. The van der Waals surface area contributed by atoms with Gasteiger partial charge < -0.3 is 15.5 Å². The van der Waals surface area contributed by atoms with E-state index in [9.17, 15) is 15.0 Å². The average Bonchev–Trinajstić information content (AvgIpc) is 3.13. The van der Waals surface area contributed by atoms with Crippen LogP contribution in [0.4, 0.5) is 0 Å². The summed E-state index contributed by atoms with van der Waals surface area (Å²) in [5.41, 5.74) is 0. The topological polar surface area (TPSA) is 69.6 Å². The number of carbonyl (C=O) groups is 1. The summed E-state index contributed by atoms with van der Waals surface area (Å²) < 4.78 is 0. The minimum Gasteiger partial charge on any atom is -0.394 e. The highest BCUT2D eigenvalue weighted by atomic mass is 16.3. The Morgan fingerprint density at radius 2 is 0.863 bits per heavy atom. The summed E-state index contributed by atoms with van der Waals surface area (Å²) >= 11 is 0. The van der Waals surface area contributed by atoms with Crippen molar-refractivity contribution in [3.8, 4) is 0 Å². The molecule has 0 bridgehead atoms. The molecule has 296 valence electrons. The third-order valence-corrected chi connectivity index (χ3v) is 9.76. The van der Waals surface area contributed by atoms with Gasteiger partial charge in [0.1, 0.15) is 0 Å². The molecule has 0 aromatic carbocycles. The molecule has 0 aromatic rings. The fourth-order valence-corrected chi connectivity index (χ4v) is 6.40. The molecule has 0 saturated carbocycles. The Labute approximate surface area is 317 Å². The van der Waals surface area contributed by atoms with E-state index >= 15 is 0 Å². The number of aliphatic hydroxyl groups is 2. The zero-order chi connectivity index (χ0) is 37.1. The van der Waals surface area contributed by atoms with Crippen LogP contribution in [-0.2, 0) is 4.79 Å². The zero-order valence-electron chi connectivity index (χ0n) is 33.9. The smallest absolute Gasteiger partial charge is 0.220 e. The molecule has 4 nitrogen and oxygen atoms in total. The van der Waals surface area contributed by atoms with Gasteiger partial charge in [0.2, 0.25) is 5.91 Å². The van der Waals surface area contributed by atoms with Gasteiger partial charge in [-0.3, -0.25) is 4.79 Å². The maximum atomic E-state index is 12.4. The predicted octanol–water partition coefficient (Wildman–Crippen LogP) is 13.7. The van der Waals surface area contributed by atoms with E-state index < -0.39 is 12.1 Å². The summed E-state index contributed by atoms with van der Waals surface area (Å²) in [5, 5.41) is 23.0. The minimum atomic E-state index is -0.842. The first-order valence-electron chi connectivity index (χ1n) is 22.0. The van der Waals surface area contributed by atoms with E-state index in [1.165, 1.54) is 141 Å². The lowest BCUT2D eigenvalue weighted by atomic mass is 10.0. The fourth-order valence-electron chi connectivity index (χ4n) is 6.40. The summed E-state index contributed by atoms with van der Waals surface area (Å²) in [6, 6.07) is -0.626. The standard InChI is InChI=1S/C47H85NO3/c1-3-5-7-9-11-13-15-17-19-21-22-23-24-25-26-27-29-31-33-35-37-39-41-43-47(51)48-45(44-49)46(50)42-40-38-36-34-32-30-28-20-18-16-14-12-10-8-6-4-2/h5,7,11,13,17,19,22-23,40,42,45-46,49-50H,3-4,6,8-10,12,14-16,18,20-21,24-39,41,43-44H2,1-2H3,(H,48,51)/b7-5-,13-11-,19-17-,23-22-,42-40+. The molecule has 0 saturated heterocycles. The Morgan fingerprint density at radius 1 is 0.490 bits per heavy atom. The van der Waals surface area contributed by atoms with Crippen LogP contribution in [0.2, 0.25) is 0 Å².